The summed E-state index contributed by atoms with van der Waals surface area (Å²) in [7, 11) is 1.15. The number of ether oxygens (including phenoxy) is 2. The van der Waals surface area contributed by atoms with Crippen LogP contribution in [0.25, 0.3) is 0 Å². The predicted molar refractivity (Wildman–Crippen MR) is 97.2 cm³/mol. The number of rotatable bonds is 6. The maximum Gasteiger partial charge on any atom is 0.255 e. The number of anilines is 2. The van der Waals surface area contributed by atoms with Gasteiger partial charge in [-0.1, -0.05) is 0 Å². The normalized spacial score (nSPS) is 10.9. The number of hydrogen-bond donors (Lipinski definition) is 1. The summed E-state index contributed by atoms with van der Waals surface area (Å²) in [6.45, 7) is 0. The van der Waals surface area contributed by atoms with E-state index in [0.717, 1.165) is 10.6 Å². The van der Waals surface area contributed by atoms with Crippen LogP contribution in [0.5, 0.6) is 11.5 Å². The Labute approximate surface area is 147 Å². The van der Waals surface area contributed by atoms with E-state index < -0.39 is 10.0 Å². The van der Waals surface area contributed by atoms with E-state index in [1.807, 2.05) is 0 Å². The van der Waals surface area contributed by atoms with Crippen molar-refractivity contribution in [3.63, 3.8) is 0 Å². The SMILES string of the molecule is COc1ccc(C(=O)Nc2ccc(N(C)S(C)(=O)=O)cc2)cc1OC. The molecular formula is C17H20N2O5S. The highest BCUT2D eigenvalue weighted by Crippen LogP contribution is 2.28. The molecule has 0 bridgehead atoms. The zero-order chi connectivity index (χ0) is 18.6. The Bertz CT molecular complexity index is 863. The summed E-state index contributed by atoms with van der Waals surface area (Å²) in [5.74, 6) is 0.678. The van der Waals surface area contributed by atoms with Gasteiger partial charge >= 0.3 is 0 Å². The van der Waals surface area contributed by atoms with Crippen LogP contribution >= 0.6 is 0 Å². The molecule has 1 amide bonds. The van der Waals surface area contributed by atoms with Crippen molar-refractivity contribution in [3.8, 4) is 11.5 Å². The standard InChI is InChI=1S/C17H20N2O5S/c1-19(25(4,21)22)14-8-6-13(7-9-14)18-17(20)12-5-10-15(23-2)16(11-12)24-3/h5-11H,1-4H3,(H,18,20). The molecule has 0 saturated carbocycles. The molecular weight excluding hydrogens is 344 g/mol. The fraction of sp³-hybridized carbons (Fsp3) is 0.235. The summed E-state index contributed by atoms with van der Waals surface area (Å²) in [5, 5.41) is 2.75. The number of carbonyl (C=O) groups is 1. The second kappa shape index (κ2) is 7.43. The lowest BCUT2D eigenvalue weighted by molar-refractivity contribution is 0.102. The van der Waals surface area contributed by atoms with E-state index in [4.69, 9.17) is 9.47 Å². The van der Waals surface area contributed by atoms with Crippen molar-refractivity contribution in [1.82, 2.24) is 0 Å². The molecule has 0 atom stereocenters. The Hall–Kier alpha value is -2.74. The fourth-order valence-electron chi connectivity index (χ4n) is 2.13. The quantitative estimate of drug-likeness (QED) is 0.850. The van der Waals surface area contributed by atoms with Crippen LogP contribution in [0.1, 0.15) is 10.4 Å². The van der Waals surface area contributed by atoms with Gasteiger partial charge in [0.2, 0.25) is 10.0 Å². The molecule has 0 unspecified atom stereocenters. The summed E-state index contributed by atoms with van der Waals surface area (Å²) in [4.78, 5) is 12.3. The van der Waals surface area contributed by atoms with Gasteiger partial charge in [-0.2, -0.15) is 0 Å². The maximum atomic E-state index is 12.3. The summed E-state index contributed by atoms with van der Waals surface area (Å²) in [5.41, 5.74) is 1.46. The second-order valence-corrected chi connectivity index (χ2v) is 7.32. The molecule has 25 heavy (non-hydrogen) atoms. The molecule has 134 valence electrons. The van der Waals surface area contributed by atoms with Crippen LogP contribution in [-0.2, 0) is 10.0 Å². The van der Waals surface area contributed by atoms with Crippen LogP contribution < -0.4 is 19.1 Å². The Morgan fingerprint density at radius 1 is 1.00 bits per heavy atom. The molecule has 0 aliphatic carbocycles. The smallest absolute Gasteiger partial charge is 0.255 e. The Morgan fingerprint density at radius 2 is 1.60 bits per heavy atom. The fourth-order valence-corrected chi connectivity index (χ4v) is 2.63. The molecule has 0 aliphatic heterocycles. The third kappa shape index (κ3) is 4.42. The van der Waals surface area contributed by atoms with Gasteiger partial charge < -0.3 is 14.8 Å². The van der Waals surface area contributed by atoms with E-state index in [1.54, 1.807) is 42.5 Å². The van der Waals surface area contributed by atoms with Gasteiger partial charge in [-0.05, 0) is 42.5 Å². The summed E-state index contributed by atoms with van der Waals surface area (Å²) in [6, 6.07) is 11.4. The first kappa shape index (κ1) is 18.6. The number of sulfonamides is 1. The molecule has 1 N–H and O–H groups in total. The third-order valence-corrected chi connectivity index (χ3v) is 4.84. The molecule has 2 aromatic carbocycles. The summed E-state index contributed by atoms with van der Waals surface area (Å²) >= 11 is 0. The zero-order valence-corrected chi connectivity index (χ0v) is 15.3. The van der Waals surface area contributed by atoms with Crippen molar-refractivity contribution >= 4 is 27.3 Å². The number of benzene rings is 2. The number of carbonyl (C=O) groups excluding carboxylic acids is 1. The van der Waals surface area contributed by atoms with Gasteiger partial charge in [0.05, 0.1) is 26.2 Å². The van der Waals surface area contributed by atoms with Crippen LogP contribution in [0.4, 0.5) is 11.4 Å². The van der Waals surface area contributed by atoms with Crippen LogP contribution in [0.2, 0.25) is 0 Å². The first-order valence-corrected chi connectivity index (χ1v) is 9.18. The highest BCUT2D eigenvalue weighted by molar-refractivity contribution is 7.92. The van der Waals surface area contributed by atoms with Gasteiger partial charge in [-0.25, -0.2) is 8.42 Å². The van der Waals surface area contributed by atoms with Gasteiger partial charge in [0.15, 0.2) is 11.5 Å². The van der Waals surface area contributed by atoms with Crippen molar-refractivity contribution in [2.45, 2.75) is 0 Å². The Morgan fingerprint density at radius 3 is 2.12 bits per heavy atom. The van der Waals surface area contributed by atoms with Crippen molar-refractivity contribution < 1.29 is 22.7 Å². The molecule has 0 heterocycles. The minimum Gasteiger partial charge on any atom is -0.493 e. The Balaban J connectivity index is 2.16. The molecule has 0 aliphatic rings. The largest absolute Gasteiger partial charge is 0.493 e. The highest BCUT2D eigenvalue weighted by Gasteiger charge is 2.13. The minimum absolute atomic E-state index is 0.315. The highest BCUT2D eigenvalue weighted by atomic mass is 32.2. The van der Waals surface area contributed by atoms with Gasteiger partial charge in [0, 0.05) is 18.3 Å². The average molecular weight is 364 g/mol. The molecule has 0 spiro atoms. The average Bonchev–Trinajstić information content (AvgIpc) is 2.60. The first-order chi connectivity index (χ1) is 11.8. The van der Waals surface area contributed by atoms with Crippen molar-refractivity contribution in [2.75, 3.05) is 37.1 Å². The predicted octanol–water partition coefficient (Wildman–Crippen LogP) is 2.35. The van der Waals surface area contributed by atoms with Crippen molar-refractivity contribution in [2.24, 2.45) is 0 Å². The van der Waals surface area contributed by atoms with Crippen LogP contribution in [-0.4, -0.2) is 41.8 Å². The molecule has 0 fully saturated rings. The molecule has 0 aromatic heterocycles. The van der Waals surface area contributed by atoms with Gasteiger partial charge in [-0.3, -0.25) is 9.10 Å². The molecule has 0 radical (unpaired) electrons. The molecule has 0 saturated heterocycles. The van der Waals surface area contributed by atoms with E-state index in [-0.39, 0.29) is 5.91 Å². The molecule has 7 nitrogen and oxygen atoms in total. The zero-order valence-electron chi connectivity index (χ0n) is 14.4. The summed E-state index contributed by atoms with van der Waals surface area (Å²) < 4.78 is 34.5. The lowest BCUT2D eigenvalue weighted by Gasteiger charge is -2.17. The molecule has 2 rings (SSSR count). The van der Waals surface area contributed by atoms with Crippen LogP contribution in [0, 0.1) is 0 Å². The van der Waals surface area contributed by atoms with E-state index in [9.17, 15) is 13.2 Å². The van der Waals surface area contributed by atoms with Crippen molar-refractivity contribution in [1.29, 1.82) is 0 Å². The Kier molecular flexibility index (Phi) is 5.53. The molecule has 2 aromatic rings. The van der Waals surface area contributed by atoms with Gasteiger partial charge in [0.25, 0.3) is 5.91 Å². The van der Waals surface area contributed by atoms with Gasteiger partial charge in [0.1, 0.15) is 0 Å². The first-order valence-electron chi connectivity index (χ1n) is 7.33. The molecule has 8 heteroatoms. The van der Waals surface area contributed by atoms with Gasteiger partial charge in [-0.15, -0.1) is 0 Å². The number of hydrogen-bond acceptors (Lipinski definition) is 5. The lowest BCUT2D eigenvalue weighted by atomic mass is 10.2. The monoisotopic (exact) mass is 364 g/mol. The number of amides is 1. The van der Waals surface area contributed by atoms with E-state index in [1.165, 1.54) is 21.3 Å². The number of nitrogens with zero attached hydrogens (tertiary/aromatic N) is 1. The van der Waals surface area contributed by atoms with E-state index >= 15 is 0 Å². The maximum absolute atomic E-state index is 12.3. The number of nitrogens with one attached hydrogen (secondary N) is 1. The number of methoxy groups -OCH3 is 2. The topological polar surface area (TPSA) is 84.9 Å². The summed E-state index contributed by atoms with van der Waals surface area (Å²) in [6.07, 6.45) is 1.12. The van der Waals surface area contributed by atoms with Crippen molar-refractivity contribution in [3.05, 3.63) is 48.0 Å². The van der Waals surface area contributed by atoms with Crippen LogP contribution in [0.3, 0.4) is 0 Å². The minimum atomic E-state index is -3.33. The van der Waals surface area contributed by atoms with E-state index in [0.29, 0.717) is 28.4 Å². The lowest BCUT2D eigenvalue weighted by Crippen LogP contribution is -2.24. The van der Waals surface area contributed by atoms with Crippen LogP contribution in [0.15, 0.2) is 42.5 Å². The third-order valence-electron chi connectivity index (χ3n) is 3.63. The van der Waals surface area contributed by atoms with E-state index in [2.05, 4.69) is 5.32 Å². The second-order valence-electron chi connectivity index (χ2n) is 5.30.